The third-order valence-corrected chi connectivity index (χ3v) is 5.71. The highest BCUT2D eigenvalue weighted by Crippen LogP contribution is 2.33. The van der Waals surface area contributed by atoms with Crippen LogP contribution in [0.4, 0.5) is 4.79 Å². The Labute approximate surface area is 171 Å². The molecule has 0 aliphatic carbocycles. The number of likely N-dealkylation sites (tertiary alicyclic amines) is 1. The van der Waals surface area contributed by atoms with Crippen LogP contribution in [-0.2, 0) is 9.47 Å². The van der Waals surface area contributed by atoms with Gasteiger partial charge in [0.2, 0.25) is 0 Å². The van der Waals surface area contributed by atoms with Crippen LogP contribution in [0.3, 0.4) is 0 Å². The molecule has 29 heavy (non-hydrogen) atoms. The molecule has 7 heteroatoms. The minimum absolute atomic E-state index is 0.0181. The first kappa shape index (κ1) is 20.2. The standard InChI is InChI=1S/C22H31N3O4/c1-22(2,3)29-21(27)24-10-9-17(19(26)14-24)15-7-8-16-13-23-25(18(16)12-15)20-6-4-5-11-28-20/h7-8,12-13,17,19-20,26H,4-6,9-11,14H2,1-3H3/t17-,19+,20?/m0/s1. The second-order valence-electron chi connectivity index (χ2n) is 9.12. The van der Waals surface area contributed by atoms with Crippen molar-refractivity contribution in [1.29, 1.82) is 0 Å². The number of aromatic nitrogens is 2. The summed E-state index contributed by atoms with van der Waals surface area (Å²) in [6.45, 7) is 7.17. The van der Waals surface area contributed by atoms with Crippen LogP contribution in [0, 0.1) is 0 Å². The van der Waals surface area contributed by atoms with E-state index in [0.717, 1.165) is 42.3 Å². The number of rotatable bonds is 2. The van der Waals surface area contributed by atoms with Crippen LogP contribution in [0.5, 0.6) is 0 Å². The Bertz CT molecular complexity index is 867. The summed E-state index contributed by atoms with van der Waals surface area (Å²) >= 11 is 0. The molecular formula is C22H31N3O4. The van der Waals surface area contributed by atoms with Crippen molar-refractivity contribution in [3.05, 3.63) is 30.0 Å². The number of β-amino-alcohol motifs (C(OH)–C–C–N with tert-alkyl or cyclic N) is 1. The van der Waals surface area contributed by atoms with Gasteiger partial charge in [-0.05, 0) is 58.1 Å². The summed E-state index contributed by atoms with van der Waals surface area (Å²) in [5.41, 5.74) is 1.58. The van der Waals surface area contributed by atoms with Crippen LogP contribution in [-0.4, -0.2) is 57.3 Å². The zero-order valence-electron chi connectivity index (χ0n) is 17.5. The molecule has 3 atom stereocenters. The highest BCUT2D eigenvalue weighted by Gasteiger charge is 2.33. The van der Waals surface area contributed by atoms with Gasteiger partial charge in [0.1, 0.15) is 5.60 Å². The fraction of sp³-hybridized carbons (Fsp3) is 0.636. The lowest BCUT2D eigenvalue weighted by Crippen LogP contribution is -2.47. The Morgan fingerprint density at radius 3 is 2.79 bits per heavy atom. The fourth-order valence-electron chi connectivity index (χ4n) is 4.24. The Balaban J connectivity index is 1.50. The molecule has 2 saturated heterocycles. The summed E-state index contributed by atoms with van der Waals surface area (Å²) in [4.78, 5) is 13.9. The average molecular weight is 402 g/mol. The summed E-state index contributed by atoms with van der Waals surface area (Å²) in [6, 6.07) is 6.24. The van der Waals surface area contributed by atoms with Crippen molar-refractivity contribution < 1.29 is 19.4 Å². The number of hydrogen-bond donors (Lipinski definition) is 1. The van der Waals surface area contributed by atoms with E-state index in [2.05, 4.69) is 23.3 Å². The number of benzene rings is 1. The zero-order chi connectivity index (χ0) is 20.6. The molecule has 1 amide bonds. The molecule has 3 heterocycles. The van der Waals surface area contributed by atoms with Gasteiger partial charge in [0, 0.05) is 24.5 Å². The van der Waals surface area contributed by atoms with Crippen LogP contribution in [0.1, 0.15) is 64.2 Å². The number of aliphatic hydroxyl groups is 1. The summed E-state index contributed by atoms with van der Waals surface area (Å²) < 4.78 is 13.3. The second-order valence-corrected chi connectivity index (χ2v) is 9.12. The SMILES string of the molecule is CC(C)(C)OC(=O)N1CC[C@@H](c2ccc3cnn(C4CCCCO4)c3c2)[C@H](O)C1. The van der Waals surface area contributed by atoms with Gasteiger partial charge in [-0.1, -0.05) is 12.1 Å². The van der Waals surface area contributed by atoms with Gasteiger partial charge in [0.05, 0.1) is 24.4 Å². The van der Waals surface area contributed by atoms with Crippen LogP contribution >= 0.6 is 0 Å². The van der Waals surface area contributed by atoms with Crippen molar-refractivity contribution in [2.24, 2.45) is 0 Å². The molecule has 1 aromatic heterocycles. The van der Waals surface area contributed by atoms with Gasteiger partial charge in [0.25, 0.3) is 0 Å². The molecule has 0 bridgehead atoms. The lowest BCUT2D eigenvalue weighted by molar-refractivity contribution is -0.0367. The van der Waals surface area contributed by atoms with Crippen LogP contribution in [0.25, 0.3) is 10.9 Å². The quantitative estimate of drug-likeness (QED) is 0.828. The highest BCUT2D eigenvalue weighted by molar-refractivity contribution is 5.79. The minimum Gasteiger partial charge on any atom is -0.444 e. The van der Waals surface area contributed by atoms with Crippen molar-refractivity contribution in [3.63, 3.8) is 0 Å². The number of nitrogens with zero attached hydrogens (tertiary/aromatic N) is 3. The van der Waals surface area contributed by atoms with E-state index < -0.39 is 11.7 Å². The number of ether oxygens (including phenoxy) is 2. The molecule has 1 aromatic carbocycles. The summed E-state index contributed by atoms with van der Waals surface area (Å²) in [7, 11) is 0. The largest absolute Gasteiger partial charge is 0.444 e. The van der Waals surface area contributed by atoms with E-state index in [1.165, 1.54) is 0 Å². The average Bonchev–Trinajstić information content (AvgIpc) is 3.10. The van der Waals surface area contributed by atoms with E-state index in [1.807, 2.05) is 31.6 Å². The number of carbonyl (C=O) groups is 1. The van der Waals surface area contributed by atoms with Crippen LogP contribution < -0.4 is 0 Å². The van der Waals surface area contributed by atoms with Gasteiger partial charge >= 0.3 is 6.09 Å². The molecule has 1 unspecified atom stereocenters. The maximum atomic E-state index is 12.3. The molecule has 0 spiro atoms. The van der Waals surface area contributed by atoms with E-state index in [-0.39, 0.29) is 24.8 Å². The van der Waals surface area contributed by atoms with E-state index in [1.54, 1.807) is 4.90 Å². The third-order valence-electron chi connectivity index (χ3n) is 5.71. The normalized spacial score (nSPS) is 25.9. The van der Waals surface area contributed by atoms with Crippen molar-refractivity contribution in [2.45, 2.75) is 70.3 Å². The number of carbonyl (C=O) groups excluding carboxylic acids is 1. The first-order valence-electron chi connectivity index (χ1n) is 10.6. The molecule has 2 aliphatic rings. The second kappa shape index (κ2) is 7.95. The number of piperidine rings is 1. The summed E-state index contributed by atoms with van der Waals surface area (Å²) in [6.07, 6.45) is 4.78. The van der Waals surface area contributed by atoms with Gasteiger partial charge in [-0.15, -0.1) is 0 Å². The van der Waals surface area contributed by atoms with Gasteiger partial charge in [-0.25, -0.2) is 9.48 Å². The summed E-state index contributed by atoms with van der Waals surface area (Å²) in [5, 5.41) is 16.4. The van der Waals surface area contributed by atoms with Crippen molar-refractivity contribution in [1.82, 2.24) is 14.7 Å². The third kappa shape index (κ3) is 4.41. The molecule has 2 fully saturated rings. The Hall–Kier alpha value is -2.12. The molecule has 4 rings (SSSR count). The minimum atomic E-state index is -0.629. The first-order chi connectivity index (χ1) is 13.8. The van der Waals surface area contributed by atoms with Crippen LogP contribution in [0.15, 0.2) is 24.4 Å². The van der Waals surface area contributed by atoms with Crippen LogP contribution in [0.2, 0.25) is 0 Å². The molecule has 7 nitrogen and oxygen atoms in total. The maximum absolute atomic E-state index is 12.3. The van der Waals surface area contributed by atoms with E-state index in [9.17, 15) is 9.90 Å². The van der Waals surface area contributed by atoms with Crippen molar-refractivity contribution in [2.75, 3.05) is 19.7 Å². The Kier molecular flexibility index (Phi) is 5.53. The molecule has 0 saturated carbocycles. The number of hydrogen-bond acceptors (Lipinski definition) is 5. The number of aliphatic hydroxyl groups excluding tert-OH is 1. The molecule has 0 radical (unpaired) electrons. The molecule has 2 aromatic rings. The smallest absolute Gasteiger partial charge is 0.410 e. The van der Waals surface area contributed by atoms with E-state index in [0.29, 0.717) is 13.0 Å². The number of amides is 1. The van der Waals surface area contributed by atoms with Gasteiger partial charge in [-0.2, -0.15) is 5.10 Å². The predicted molar refractivity (Wildman–Crippen MR) is 110 cm³/mol. The fourth-order valence-corrected chi connectivity index (χ4v) is 4.24. The van der Waals surface area contributed by atoms with Gasteiger partial charge in [-0.3, -0.25) is 0 Å². The van der Waals surface area contributed by atoms with Gasteiger partial charge in [0.15, 0.2) is 6.23 Å². The molecule has 2 aliphatic heterocycles. The first-order valence-corrected chi connectivity index (χ1v) is 10.6. The molecule has 158 valence electrons. The summed E-state index contributed by atoms with van der Waals surface area (Å²) in [5.74, 6) is -0.0197. The molecular weight excluding hydrogens is 370 g/mol. The van der Waals surface area contributed by atoms with Crippen molar-refractivity contribution >= 4 is 17.0 Å². The lowest BCUT2D eigenvalue weighted by Gasteiger charge is -2.37. The zero-order valence-corrected chi connectivity index (χ0v) is 17.5. The van der Waals surface area contributed by atoms with E-state index in [4.69, 9.17) is 9.47 Å². The number of fused-ring (bicyclic) bond motifs is 1. The molecule has 1 N–H and O–H groups in total. The Morgan fingerprint density at radius 1 is 1.28 bits per heavy atom. The maximum Gasteiger partial charge on any atom is 0.410 e. The van der Waals surface area contributed by atoms with Gasteiger partial charge < -0.3 is 19.5 Å². The van der Waals surface area contributed by atoms with Crippen molar-refractivity contribution in [3.8, 4) is 0 Å². The van der Waals surface area contributed by atoms with E-state index >= 15 is 0 Å². The highest BCUT2D eigenvalue weighted by atomic mass is 16.6. The monoisotopic (exact) mass is 401 g/mol. The topological polar surface area (TPSA) is 76.8 Å². The Morgan fingerprint density at radius 2 is 2.10 bits per heavy atom. The predicted octanol–water partition coefficient (Wildman–Crippen LogP) is 3.82. The lowest BCUT2D eigenvalue weighted by atomic mass is 9.87.